The van der Waals surface area contributed by atoms with Crippen molar-refractivity contribution in [1.29, 1.82) is 0 Å². The molecule has 0 fully saturated rings. The minimum Gasteiger partial charge on any atom is -0.507 e. The van der Waals surface area contributed by atoms with Crippen LogP contribution in [0.1, 0.15) is 30.0 Å². The highest BCUT2D eigenvalue weighted by Crippen LogP contribution is 2.33. The van der Waals surface area contributed by atoms with Crippen LogP contribution in [-0.4, -0.2) is 12.2 Å². The maximum atomic E-state index is 9.87. The molecule has 1 aromatic carbocycles. The van der Waals surface area contributed by atoms with Crippen molar-refractivity contribution in [3.8, 4) is 11.5 Å². The lowest BCUT2D eigenvalue weighted by Gasteiger charge is -2.14. The first-order valence-corrected chi connectivity index (χ1v) is 4.97. The summed E-state index contributed by atoms with van der Waals surface area (Å²) in [7, 11) is 1.66. The maximum absolute atomic E-state index is 9.87. The largest absolute Gasteiger partial charge is 0.507 e. The number of rotatable bonds is 3. The van der Waals surface area contributed by atoms with Crippen LogP contribution >= 0.6 is 0 Å². The molecule has 1 N–H and O–H groups in total. The third kappa shape index (κ3) is 1.84. The zero-order chi connectivity index (χ0) is 10.7. The van der Waals surface area contributed by atoms with Crippen LogP contribution in [0.2, 0.25) is 0 Å². The Morgan fingerprint density at radius 1 is 1.36 bits per heavy atom. The number of benzene rings is 1. The summed E-state index contributed by atoms with van der Waals surface area (Å²) < 4.78 is 5.26. The third-order valence-electron chi connectivity index (χ3n) is 2.55. The second-order valence-electron chi connectivity index (χ2n) is 3.60. The number of phenols is 1. The fourth-order valence-electron chi connectivity index (χ4n) is 1.71. The van der Waals surface area contributed by atoms with Gasteiger partial charge in [0.15, 0.2) is 0 Å². The predicted molar refractivity (Wildman–Crippen MR) is 58.1 cm³/mol. The Bertz CT molecular complexity index is 330. The second-order valence-corrected chi connectivity index (χ2v) is 3.60. The molecule has 2 heteroatoms. The lowest BCUT2D eigenvalue weighted by Crippen LogP contribution is -1.96. The summed E-state index contributed by atoms with van der Waals surface area (Å²) in [6, 6.07) is 1.88. The molecular weight excluding hydrogens is 176 g/mol. The highest BCUT2D eigenvalue weighted by Gasteiger charge is 2.11. The van der Waals surface area contributed by atoms with Gasteiger partial charge in [-0.25, -0.2) is 0 Å². The van der Waals surface area contributed by atoms with E-state index in [0.29, 0.717) is 5.75 Å². The van der Waals surface area contributed by atoms with Gasteiger partial charge in [0.2, 0.25) is 0 Å². The molecule has 14 heavy (non-hydrogen) atoms. The second kappa shape index (κ2) is 4.36. The van der Waals surface area contributed by atoms with Crippen molar-refractivity contribution in [3.05, 3.63) is 22.8 Å². The molecule has 0 aliphatic rings. The lowest BCUT2D eigenvalue weighted by atomic mass is 9.99. The van der Waals surface area contributed by atoms with Gasteiger partial charge in [0.1, 0.15) is 11.5 Å². The molecule has 0 radical (unpaired) electrons. The van der Waals surface area contributed by atoms with Crippen LogP contribution in [0, 0.1) is 13.8 Å². The Morgan fingerprint density at radius 2 is 2.00 bits per heavy atom. The summed E-state index contributed by atoms with van der Waals surface area (Å²) in [6.07, 6.45) is 1.93. The van der Waals surface area contributed by atoms with E-state index in [0.717, 1.165) is 35.3 Å². The third-order valence-corrected chi connectivity index (χ3v) is 2.55. The van der Waals surface area contributed by atoms with Crippen molar-refractivity contribution in [2.45, 2.75) is 33.6 Å². The van der Waals surface area contributed by atoms with Gasteiger partial charge in [0, 0.05) is 5.56 Å². The SMILES string of the molecule is CCCc1c(C)c(OC)cc(C)c1O. The quantitative estimate of drug-likeness (QED) is 0.801. The van der Waals surface area contributed by atoms with Gasteiger partial charge in [0.05, 0.1) is 7.11 Å². The van der Waals surface area contributed by atoms with Gasteiger partial charge in [-0.1, -0.05) is 13.3 Å². The van der Waals surface area contributed by atoms with E-state index in [1.54, 1.807) is 7.11 Å². The Balaban J connectivity index is 3.29. The van der Waals surface area contributed by atoms with Crippen molar-refractivity contribution in [3.63, 3.8) is 0 Å². The average Bonchev–Trinajstić information content (AvgIpc) is 2.18. The number of aromatic hydroxyl groups is 1. The molecule has 0 aliphatic heterocycles. The van der Waals surface area contributed by atoms with Gasteiger partial charge in [-0.15, -0.1) is 0 Å². The molecule has 0 atom stereocenters. The summed E-state index contributed by atoms with van der Waals surface area (Å²) in [5, 5.41) is 9.87. The van der Waals surface area contributed by atoms with Gasteiger partial charge < -0.3 is 9.84 Å². The van der Waals surface area contributed by atoms with Crippen LogP contribution in [0.5, 0.6) is 11.5 Å². The maximum Gasteiger partial charge on any atom is 0.122 e. The highest BCUT2D eigenvalue weighted by atomic mass is 16.5. The Labute approximate surface area is 85.5 Å². The summed E-state index contributed by atoms with van der Waals surface area (Å²) in [5.74, 6) is 1.29. The number of phenolic OH excluding ortho intramolecular Hbond substituents is 1. The summed E-state index contributed by atoms with van der Waals surface area (Å²) in [5.41, 5.74) is 2.96. The van der Waals surface area contributed by atoms with Crippen LogP contribution in [0.15, 0.2) is 6.07 Å². The van der Waals surface area contributed by atoms with Crippen LogP contribution in [0.4, 0.5) is 0 Å². The van der Waals surface area contributed by atoms with Crippen molar-refractivity contribution in [1.82, 2.24) is 0 Å². The molecule has 0 bridgehead atoms. The smallest absolute Gasteiger partial charge is 0.122 e. The molecule has 1 rings (SSSR count). The van der Waals surface area contributed by atoms with Crippen molar-refractivity contribution >= 4 is 0 Å². The van der Waals surface area contributed by atoms with Crippen molar-refractivity contribution < 1.29 is 9.84 Å². The Hall–Kier alpha value is -1.18. The Kier molecular flexibility index (Phi) is 3.39. The fourth-order valence-corrected chi connectivity index (χ4v) is 1.71. The standard InChI is InChI=1S/C12H18O2/c1-5-6-10-9(3)11(14-4)7-8(2)12(10)13/h7,13H,5-6H2,1-4H3. The number of methoxy groups -OCH3 is 1. The molecule has 0 amide bonds. The van der Waals surface area contributed by atoms with E-state index in [1.165, 1.54) is 0 Å². The minimum absolute atomic E-state index is 0.421. The summed E-state index contributed by atoms with van der Waals surface area (Å²) >= 11 is 0. The molecule has 0 aromatic heterocycles. The van der Waals surface area contributed by atoms with Crippen LogP contribution in [-0.2, 0) is 6.42 Å². The Morgan fingerprint density at radius 3 is 2.50 bits per heavy atom. The number of hydrogen-bond acceptors (Lipinski definition) is 2. The van der Waals surface area contributed by atoms with E-state index in [2.05, 4.69) is 6.92 Å². The molecule has 0 heterocycles. The van der Waals surface area contributed by atoms with Crippen LogP contribution in [0.25, 0.3) is 0 Å². The molecule has 1 aromatic rings. The van der Waals surface area contributed by atoms with Gasteiger partial charge in [0.25, 0.3) is 0 Å². The summed E-state index contributed by atoms with van der Waals surface area (Å²) in [6.45, 7) is 5.99. The molecule has 2 nitrogen and oxygen atoms in total. The average molecular weight is 194 g/mol. The van der Waals surface area contributed by atoms with E-state index in [4.69, 9.17) is 4.74 Å². The molecule has 0 saturated heterocycles. The molecule has 0 unspecified atom stereocenters. The van der Waals surface area contributed by atoms with Crippen molar-refractivity contribution in [2.24, 2.45) is 0 Å². The first kappa shape index (κ1) is 10.9. The predicted octanol–water partition coefficient (Wildman–Crippen LogP) is 2.97. The number of aryl methyl sites for hydroxylation is 1. The normalized spacial score (nSPS) is 10.3. The molecule has 0 saturated carbocycles. The van der Waals surface area contributed by atoms with Gasteiger partial charge in [-0.3, -0.25) is 0 Å². The minimum atomic E-state index is 0.421. The summed E-state index contributed by atoms with van der Waals surface area (Å²) in [4.78, 5) is 0. The highest BCUT2D eigenvalue weighted by molar-refractivity contribution is 5.52. The van der Waals surface area contributed by atoms with Gasteiger partial charge in [-0.05, 0) is 37.5 Å². The van der Waals surface area contributed by atoms with E-state index in [1.807, 2.05) is 19.9 Å². The number of hydrogen-bond donors (Lipinski definition) is 1. The van der Waals surface area contributed by atoms with E-state index in [-0.39, 0.29) is 0 Å². The monoisotopic (exact) mass is 194 g/mol. The molecule has 0 aliphatic carbocycles. The van der Waals surface area contributed by atoms with Gasteiger partial charge in [-0.2, -0.15) is 0 Å². The van der Waals surface area contributed by atoms with E-state index in [9.17, 15) is 5.11 Å². The zero-order valence-electron chi connectivity index (χ0n) is 9.35. The topological polar surface area (TPSA) is 29.5 Å². The van der Waals surface area contributed by atoms with Gasteiger partial charge >= 0.3 is 0 Å². The molecule has 78 valence electrons. The first-order chi connectivity index (χ1) is 6.61. The van der Waals surface area contributed by atoms with Crippen LogP contribution in [0.3, 0.4) is 0 Å². The van der Waals surface area contributed by atoms with Crippen molar-refractivity contribution in [2.75, 3.05) is 7.11 Å². The first-order valence-electron chi connectivity index (χ1n) is 4.97. The molecule has 0 spiro atoms. The number of ether oxygens (including phenoxy) is 1. The van der Waals surface area contributed by atoms with E-state index >= 15 is 0 Å². The molecular formula is C12H18O2. The zero-order valence-corrected chi connectivity index (χ0v) is 9.35. The fraction of sp³-hybridized carbons (Fsp3) is 0.500. The van der Waals surface area contributed by atoms with E-state index < -0.39 is 0 Å². The lowest BCUT2D eigenvalue weighted by molar-refractivity contribution is 0.406. The van der Waals surface area contributed by atoms with Crippen LogP contribution < -0.4 is 4.74 Å².